The third-order valence-corrected chi connectivity index (χ3v) is 2.99. The highest BCUT2D eigenvalue weighted by Gasteiger charge is 2.29. The number of rotatable bonds is 4. The summed E-state index contributed by atoms with van der Waals surface area (Å²) in [6.45, 7) is 4.10. The molecule has 0 heterocycles. The lowest BCUT2D eigenvalue weighted by molar-refractivity contribution is 0.223. The van der Waals surface area contributed by atoms with Gasteiger partial charge in [-0.3, -0.25) is 0 Å². The molecule has 0 amide bonds. The van der Waals surface area contributed by atoms with Crippen LogP contribution in [0.1, 0.15) is 45.4 Å². The zero-order valence-electron chi connectivity index (χ0n) is 8.23. The molecule has 0 aliphatic heterocycles. The van der Waals surface area contributed by atoms with Crippen molar-refractivity contribution in [2.45, 2.75) is 51.0 Å². The molecule has 0 atom stereocenters. The normalized spacial score (nSPS) is 22.5. The molecule has 1 aliphatic carbocycles. The van der Waals surface area contributed by atoms with Gasteiger partial charge < -0.3 is 11.1 Å². The molecule has 1 rings (SSSR count). The van der Waals surface area contributed by atoms with Crippen LogP contribution in [0, 0.1) is 0 Å². The average molecular weight is 170 g/mol. The second kappa shape index (κ2) is 4.83. The molecule has 3 N–H and O–H groups in total. The summed E-state index contributed by atoms with van der Waals surface area (Å²) >= 11 is 0. The Bertz CT molecular complexity index is 101. The van der Waals surface area contributed by atoms with Gasteiger partial charge in [0.15, 0.2) is 0 Å². The fourth-order valence-electron chi connectivity index (χ4n) is 2.40. The molecule has 2 heteroatoms. The molecular formula is C10H22N2. The number of nitrogens with two attached hydrogens (primary N) is 1. The van der Waals surface area contributed by atoms with Crippen molar-refractivity contribution in [1.82, 2.24) is 5.32 Å². The second-order valence-electron chi connectivity index (χ2n) is 3.91. The largest absolute Gasteiger partial charge is 0.330 e. The van der Waals surface area contributed by atoms with Crippen LogP contribution in [0.5, 0.6) is 0 Å². The average Bonchev–Trinajstić information content (AvgIpc) is 2.07. The SMILES string of the molecule is CCNC1(CCN)CCCCC1. The van der Waals surface area contributed by atoms with E-state index in [1.54, 1.807) is 0 Å². The van der Waals surface area contributed by atoms with Crippen molar-refractivity contribution >= 4 is 0 Å². The Morgan fingerprint density at radius 3 is 2.42 bits per heavy atom. The van der Waals surface area contributed by atoms with Crippen molar-refractivity contribution in [1.29, 1.82) is 0 Å². The molecule has 1 aliphatic rings. The Morgan fingerprint density at radius 1 is 1.25 bits per heavy atom. The van der Waals surface area contributed by atoms with E-state index in [4.69, 9.17) is 5.73 Å². The van der Waals surface area contributed by atoms with Gasteiger partial charge in [-0.15, -0.1) is 0 Å². The van der Waals surface area contributed by atoms with Gasteiger partial charge in [-0.25, -0.2) is 0 Å². The van der Waals surface area contributed by atoms with Crippen LogP contribution in [-0.4, -0.2) is 18.6 Å². The van der Waals surface area contributed by atoms with Crippen LogP contribution in [0.3, 0.4) is 0 Å². The van der Waals surface area contributed by atoms with Gasteiger partial charge in [0.2, 0.25) is 0 Å². The van der Waals surface area contributed by atoms with Crippen LogP contribution >= 0.6 is 0 Å². The topological polar surface area (TPSA) is 38.0 Å². The Labute approximate surface area is 75.9 Å². The lowest BCUT2D eigenvalue weighted by Crippen LogP contribution is -2.47. The van der Waals surface area contributed by atoms with Crippen LogP contribution < -0.4 is 11.1 Å². The van der Waals surface area contributed by atoms with E-state index in [2.05, 4.69) is 12.2 Å². The summed E-state index contributed by atoms with van der Waals surface area (Å²) in [6.07, 6.45) is 7.99. The van der Waals surface area contributed by atoms with Gasteiger partial charge in [0.05, 0.1) is 0 Å². The van der Waals surface area contributed by atoms with Crippen LogP contribution in [0.4, 0.5) is 0 Å². The molecule has 72 valence electrons. The molecule has 0 spiro atoms. The van der Waals surface area contributed by atoms with Gasteiger partial charge in [0.1, 0.15) is 0 Å². The summed E-state index contributed by atoms with van der Waals surface area (Å²) in [5.74, 6) is 0. The molecule has 0 aromatic heterocycles. The first-order valence-electron chi connectivity index (χ1n) is 5.28. The van der Waals surface area contributed by atoms with E-state index < -0.39 is 0 Å². The molecule has 12 heavy (non-hydrogen) atoms. The number of hydrogen-bond acceptors (Lipinski definition) is 2. The maximum absolute atomic E-state index is 5.63. The van der Waals surface area contributed by atoms with Gasteiger partial charge >= 0.3 is 0 Å². The molecule has 0 unspecified atom stereocenters. The third-order valence-electron chi connectivity index (χ3n) is 2.99. The van der Waals surface area contributed by atoms with Gasteiger partial charge in [0, 0.05) is 5.54 Å². The van der Waals surface area contributed by atoms with E-state index >= 15 is 0 Å². The van der Waals surface area contributed by atoms with Crippen LogP contribution in [-0.2, 0) is 0 Å². The minimum absolute atomic E-state index is 0.405. The molecule has 0 radical (unpaired) electrons. The lowest BCUT2D eigenvalue weighted by atomic mass is 9.79. The smallest absolute Gasteiger partial charge is 0.0193 e. The summed E-state index contributed by atoms with van der Waals surface area (Å²) in [5, 5.41) is 3.62. The summed E-state index contributed by atoms with van der Waals surface area (Å²) in [4.78, 5) is 0. The van der Waals surface area contributed by atoms with E-state index in [-0.39, 0.29) is 0 Å². The highest BCUT2D eigenvalue weighted by molar-refractivity contribution is 4.90. The molecule has 1 saturated carbocycles. The first-order chi connectivity index (χ1) is 5.83. The monoisotopic (exact) mass is 170 g/mol. The highest BCUT2D eigenvalue weighted by Crippen LogP contribution is 2.30. The quantitative estimate of drug-likeness (QED) is 0.673. The van der Waals surface area contributed by atoms with Crippen molar-refractivity contribution in [2.24, 2.45) is 5.73 Å². The predicted octanol–water partition coefficient (Wildman–Crippen LogP) is 1.65. The van der Waals surface area contributed by atoms with E-state index in [0.717, 1.165) is 19.5 Å². The van der Waals surface area contributed by atoms with E-state index in [1.807, 2.05) is 0 Å². The van der Waals surface area contributed by atoms with Crippen molar-refractivity contribution in [3.8, 4) is 0 Å². The second-order valence-corrected chi connectivity index (χ2v) is 3.91. The fourth-order valence-corrected chi connectivity index (χ4v) is 2.40. The van der Waals surface area contributed by atoms with E-state index in [1.165, 1.54) is 32.1 Å². The molecule has 0 bridgehead atoms. The molecule has 0 aromatic rings. The van der Waals surface area contributed by atoms with Gasteiger partial charge in [0.25, 0.3) is 0 Å². The van der Waals surface area contributed by atoms with Crippen molar-refractivity contribution in [2.75, 3.05) is 13.1 Å². The Balaban J connectivity index is 2.44. The Hall–Kier alpha value is -0.0800. The molecule has 0 saturated heterocycles. The summed E-state index contributed by atoms with van der Waals surface area (Å²) in [5.41, 5.74) is 6.04. The zero-order chi connectivity index (χ0) is 8.86. The molecular weight excluding hydrogens is 148 g/mol. The molecule has 1 fully saturated rings. The third kappa shape index (κ3) is 2.46. The van der Waals surface area contributed by atoms with Gasteiger partial charge in [-0.1, -0.05) is 26.2 Å². The minimum atomic E-state index is 0.405. The van der Waals surface area contributed by atoms with Crippen LogP contribution in [0.2, 0.25) is 0 Å². The lowest BCUT2D eigenvalue weighted by Gasteiger charge is -2.38. The van der Waals surface area contributed by atoms with Crippen molar-refractivity contribution in [3.63, 3.8) is 0 Å². The maximum atomic E-state index is 5.63. The minimum Gasteiger partial charge on any atom is -0.330 e. The standard InChI is InChI=1S/C10H22N2/c1-2-12-10(8-9-11)6-4-3-5-7-10/h12H,2-9,11H2,1H3. The first kappa shape index (κ1) is 10.0. The summed E-state index contributed by atoms with van der Waals surface area (Å²) < 4.78 is 0. The first-order valence-corrected chi connectivity index (χ1v) is 5.28. The summed E-state index contributed by atoms with van der Waals surface area (Å²) in [7, 11) is 0. The molecule has 0 aromatic carbocycles. The van der Waals surface area contributed by atoms with E-state index in [9.17, 15) is 0 Å². The summed E-state index contributed by atoms with van der Waals surface area (Å²) in [6, 6.07) is 0. The highest BCUT2D eigenvalue weighted by atomic mass is 15.0. The predicted molar refractivity (Wildman–Crippen MR) is 53.2 cm³/mol. The van der Waals surface area contributed by atoms with Crippen LogP contribution in [0.25, 0.3) is 0 Å². The van der Waals surface area contributed by atoms with Gasteiger partial charge in [-0.2, -0.15) is 0 Å². The van der Waals surface area contributed by atoms with Crippen LogP contribution in [0.15, 0.2) is 0 Å². The van der Waals surface area contributed by atoms with Crippen molar-refractivity contribution in [3.05, 3.63) is 0 Å². The van der Waals surface area contributed by atoms with E-state index in [0.29, 0.717) is 5.54 Å². The number of hydrogen-bond donors (Lipinski definition) is 2. The zero-order valence-corrected chi connectivity index (χ0v) is 8.23. The molecule has 2 nitrogen and oxygen atoms in total. The van der Waals surface area contributed by atoms with Gasteiger partial charge in [-0.05, 0) is 32.4 Å². The maximum Gasteiger partial charge on any atom is 0.0193 e. The Kier molecular flexibility index (Phi) is 4.02. The Morgan fingerprint density at radius 2 is 1.92 bits per heavy atom. The fraction of sp³-hybridized carbons (Fsp3) is 1.00. The van der Waals surface area contributed by atoms with Crippen molar-refractivity contribution < 1.29 is 0 Å². The number of nitrogens with one attached hydrogen (secondary N) is 1.